The molecule has 0 aliphatic rings. The molecule has 5 nitrogen and oxygen atoms in total. The van der Waals surface area contributed by atoms with Gasteiger partial charge >= 0.3 is 0 Å². The maximum Gasteiger partial charge on any atom is 0.0954 e. The Kier molecular flexibility index (Phi) is 4.52. The first-order valence-electron chi connectivity index (χ1n) is 7.57. The minimum Gasteiger partial charge on any atom is -0.377 e. The fourth-order valence-electron chi connectivity index (χ4n) is 2.57. The van der Waals surface area contributed by atoms with Crippen molar-refractivity contribution in [1.29, 1.82) is 0 Å². The third kappa shape index (κ3) is 3.47. The van der Waals surface area contributed by atoms with Gasteiger partial charge in [-0.15, -0.1) is 0 Å². The Morgan fingerprint density at radius 3 is 2.83 bits per heavy atom. The van der Waals surface area contributed by atoms with Gasteiger partial charge in [0, 0.05) is 17.9 Å². The minimum absolute atomic E-state index is 0.138. The molecule has 0 radical (unpaired) electrons. The highest BCUT2D eigenvalue weighted by Crippen LogP contribution is 2.24. The van der Waals surface area contributed by atoms with Crippen molar-refractivity contribution in [2.45, 2.75) is 33.4 Å². The van der Waals surface area contributed by atoms with E-state index >= 15 is 0 Å². The number of hydrogen-bond acceptors (Lipinski definition) is 3. The predicted octanol–water partition coefficient (Wildman–Crippen LogP) is 4.21. The lowest BCUT2D eigenvalue weighted by molar-refractivity contribution is 0.767. The van der Waals surface area contributed by atoms with E-state index in [1.165, 1.54) is 11.3 Å². The number of aromatic nitrogens is 4. The van der Waals surface area contributed by atoms with Gasteiger partial charge in [0.1, 0.15) is 0 Å². The van der Waals surface area contributed by atoms with E-state index in [1.807, 2.05) is 13.3 Å². The molecule has 0 fully saturated rings. The largest absolute Gasteiger partial charge is 0.377 e. The second kappa shape index (κ2) is 6.58. The van der Waals surface area contributed by atoms with Crippen molar-refractivity contribution in [3.05, 3.63) is 63.9 Å². The molecule has 2 N–H and O–H groups in total. The summed E-state index contributed by atoms with van der Waals surface area (Å²) in [5, 5.41) is 10.6. The van der Waals surface area contributed by atoms with Crippen molar-refractivity contribution >= 4 is 21.6 Å². The van der Waals surface area contributed by atoms with Gasteiger partial charge < -0.3 is 9.88 Å². The van der Waals surface area contributed by atoms with E-state index in [0.717, 1.165) is 28.1 Å². The highest BCUT2D eigenvalue weighted by Gasteiger charge is 2.11. The lowest BCUT2D eigenvalue weighted by Crippen LogP contribution is -2.08. The smallest absolute Gasteiger partial charge is 0.0954 e. The molecule has 0 aliphatic carbocycles. The lowest BCUT2D eigenvalue weighted by Gasteiger charge is -2.15. The normalized spacial score (nSPS) is 12.3. The van der Waals surface area contributed by atoms with Crippen LogP contribution in [0.2, 0.25) is 0 Å². The lowest BCUT2D eigenvalue weighted by atomic mass is 10.1. The van der Waals surface area contributed by atoms with Crippen LogP contribution in [-0.4, -0.2) is 19.7 Å². The fourth-order valence-corrected chi connectivity index (χ4v) is 3.10. The standard InChI is InChI=1S/C17H20BrN5/c1-11-13(3)23(10-19-11)9-14-5-4-6-15(7-14)21-12(2)17-16(18)8-20-22-17/h4-8,10,12,21H,9H2,1-3H3,(H,20,22). The van der Waals surface area contributed by atoms with Gasteiger partial charge in [-0.1, -0.05) is 12.1 Å². The molecular weight excluding hydrogens is 354 g/mol. The van der Waals surface area contributed by atoms with E-state index in [9.17, 15) is 0 Å². The Balaban J connectivity index is 1.75. The van der Waals surface area contributed by atoms with E-state index in [2.05, 4.69) is 79.1 Å². The molecular formula is C17H20BrN5. The van der Waals surface area contributed by atoms with Gasteiger partial charge in [0.15, 0.2) is 0 Å². The molecule has 0 saturated carbocycles. The monoisotopic (exact) mass is 373 g/mol. The van der Waals surface area contributed by atoms with Gasteiger partial charge in [-0.25, -0.2) is 4.98 Å². The number of anilines is 1. The highest BCUT2D eigenvalue weighted by molar-refractivity contribution is 9.10. The van der Waals surface area contributed by atoms with E-state index in [-0.39, 0.29) is 6.04 Å². The highest BCUT2D eigenvalue weighted by atomic mass is 79.9. The summed E-state index contributed by atoms with van der Waals surface area (Å²) in [6, 6.07) is 8.60. The number of benzene rings is 1. The third-order valence-electron chi connectivity index (χ3n) is 4.06. The molecule has 0 bridgehead atoms. The van der Waals surface area contributed by atoms with Crippen LogP contribution in [0.15, 0.2) is 41.3 Å². The average molecular weight is 374 g/mol. The topological polar surface area (TPSA) is 58.5 Å². The van der Waals surface area contributed by atoms with Crippen molar-refractivity contribution in [3.8, 4) is 0 Å². The quantitative estimate of drug-likeness (QED) is 0.704. The third-order valence-corrected chi connectivity index (χ3v) is 4.69. The van der Waals surface area contributed by atoms with E-state index in [4.69, 9.17) is 0 Å². The van der Waals surface area contributed by atoms with Gasteiger partial charge in [-0.05, 0) is 54.4 Å². The first-order chi connectivity index (χ1) is 11.0. The second-order valence-electron chi connectivity index (χ2n) is 5.74. The molecule has 120 valence electrons. The predicted molar refractivity (Wildman–Crippen MR) is 95.6 cm³/mol. The van der Waals surface area contributed by atoms with E-state index < -0.39 is 0 Å². The van der Waals surface area contributed by atoms with E-state index in [1.54, 1.807) is 6.20 Å². The van der Waals surface area contributed by atoms with Crippen molar-refractivity contribution in [3.63, 3.8) is 0 Å². The van der Waals surface area contributed by atoms with Gasteiger partial charge in [0.25, 0.3) is 0 Å². The number of aromatic amines is 1. The average Bonchev–Trinajstić information content (AvgIpc) is 3.08. The molecule has 0 spiro atoms. The number of imidazole rings is 1. The molecule has 3 aromatic rings. The Morgan fingerprint density at radius 1 is 1.35 bits per heavy atom. The van der Waals surface area contributed by atoms with Crippen molar-refractivity contribution in [2.75, 3.05) is 5.32 Å². The van der Waals surface area contributed by atoms with E-state index in [0.29, 0.717) is 0 Å². The first kappa shape index (κ1) is 15.8. The molecule has 0 saturated heterocycles. The summed E-state index contributed by atoms with van der Waals surface area (Å²) in [6.45, 7) is 7.06. The van der Waals surface area contributed by atoms with Crippen LogP contribution in [0.25, 0.3) is 0 Å². The number of H-pyrrole nitrogens is 1. The Labute approximate surface area is 144 Å². The zero-order chi connectivity index (χ0) is 16.4. The summed E-state index contributed by atoms with van der Waals surface area (Å²) in [4.78, 5) is 4.36. The summed E-state index contributed by atoms with van der Waals surface area (Å²) in [7, 11) is 0. The zero-order valence-electron chi connectivity index (χ0n) is 13.5. The number of rotatable bonds is 5. The van der Waals surface area contributed by atoms with Crippen LogP contribution in [0.1, 0.15) is 35.6 Å². The van der Waals surface area contributed by atoms with Crippen LogP contribution in [0, 0.1) is 13.8 Å². The molecule has 6 heteroatoms. The molecule has 2 aromatic heterocycles. The van der Waals surface area contributed by atoms with Crippen molar-refractivity contribution < 1.29 is 0 Å². The number of nitrogens with zero attached hydrogens (tertiary/aromatic N) is 3. The summed E-state index contributed by atoms with van der Waals surface area (Å²) < 4.78 is 3.15. The Bertz CT molecular complexity index is 805. The van der Waals surface area contributed by atoms with Crippen LogP contribution in [0.5, 0.6) is 0 Å². The Hall–Kier alpha value is -2.08. The minimum atomic E-state index is 0.138. The maximum atomic E-state index is 4.36. The first-order valence-corrected chi connectivity index (χ1v) is 8.36. The van der Waals surface area contributed by atoms with Crippen molar-refractivity contribution in [1.82, 2.24) is 19.7 Å². The van der Waals surface area contributed by atoms with Crippen molar-refractivity contribution in [2.24, 2.45) is 0 Å². The summed E-state index contributed by atoms with van der Waals surface area (Å²) in [5.41, 5.74) is 5.66. The van der Waals surface area contributed by atoms with Gasteiger partial charge in [-0.3, -0.25) is 5.10 Å². The van der Waals surface area contributed by atoms with Crippen LogP contribution in [-0.2, 0) is 6.54 Å². The molecule has 3 rings (SSSR count). The number of hydrogen-bond donors (Lipinski definition) is 2. The molecule has 0 aliphatic heterocycles. The molecule has 2 heterocycles. The fraction of sp³-hybridized carbons (Fsp3) is 0.294. The SMILES string of the molecule is Cc1ncn(Cc2cccc(NC(C)c3[nH]ncc3Br)c2)c1C. The maximum absolute atomic E-state index is 4.36. The van der Waals surface area contributed by atoms with Crippen LogP contribution in [0.3, 0.4) is 0 Å². The van der Waals surface area contributed by atoms with Crippen LogP contribution in [0.4, 0.5) is 5.69 Å². The number of halogens is 1. The molecule has 23 heavy (non-hydrogen) atoms. The van der Waals surface area contributed by atoms with Gasteiger partial charge in [-0.2, -0.15) is 5.10 Å². The second-order valence-corrected chi connectivity index (χ2v) is 6.60. The summed E-state index contributed by atoms with van der Waals surface area (Å²) >= 11 is 3.51. The van der Waals surface area contributed by atoms with Crippen LogP contribution >= 0.6 is 15.9 Å². The Morgan fingerprint density at radius 2 is 2.17 bits per heavy atom. The molecule has 0 amide bonds. The molecule has 1 aromatic carbocycles. The zero-order valence-corrected chi connectivity index (χ0v) is 15.1. The van der Waals surface area contributed by atoms with Gasteiger partial charge in [0.05, 0.1) is 34.4 Å². The summed E-state index contributed by atoms with van der Waals surface area (Å²) in [5.74, 6) is 0. The number of nitrogens with one attached hydrogen (secondary N) is 2. The summed E-state index contributed by atoms with van der Waals surface area (Å²) in [6.07, 6.45) is 3.67. The molecule has 1 unspecified atom stereocenters. The molecule has 1 atom stereocenters. The number of aryl methyl sites for hydroxylation is 1. The van der Waals surface area contributed by atoms with Crippen LogP contribution < -0.4 is 5.32 Å². The van der Waals surface area contributed by atoms with Gasteiger partial charge in [0.2, 0.25) is 0 Å².